The van der Waals surface area contributed by atoms with E-state index in [2.05, 4.69) is 5.16 Å². The summed E-state index contributed by atoms with van der Waals surface area (Å²) in [7, 11) is 0. The summed E-state index contributed by atoms with van der Waals surface area (Å²) in [5.74, 6) is 0.229. The van der Waals surface area contributed by atoms with E-state index in [9.17, 15) is 9.59 Å². The zero-order valence-electron chi connectivity index (χ0n) is 17.5. The van der Waals surface area contributed by atoms with Gasteiger partial charge in [-0.15, -0.1) is 0 Å². The zero-order chi connectivity index (χ0) is 21.4. The highest BCUT2D eigenvalue weighted by Gasteiger charge is 2.31. The number of carbonyl (C=O) groups excluding carboxylic acids is 2. The van der Waals surface area contributed by atoms with Gasteiger partial charge in [0.15, 0.2) is 0 Å². The molecule has 7 nitrogen and oxygen atoms in total. The summed E-state index contributed by atoms with van der Waals surface area (Å²) in [6.45, 7) is 6.93. The Morgan fingerprint density at radius 1 is 1.20 bits per heavy atom. The number of primary amides is 1. The van der Waals surface area contributed by atoms with Crippen LogP contribution in [0.2, 0.25) is 0 Å². The number of piperidine rings is 1. The van der Waals surface area contributed by atoms with Gasteiger partial charge < -0.3 is 15.2 Å². The van der Waals surface area contributed by atoms with E-state index in [1.807, 2.05) is 49.1 Å². The van der Waals surface area contributed by atoms with Crippen molar-refractivity contribution in [3.8, 4) is 0 Å². The molecule has 0 unspecified atom stereocenters. The van der Waals surface area contributed by atoms with E-state index in [4.69, 9.17) is 15.2 Å². The van der Waals surface area contributed by atoms with Crippen LogP contribution in [-0.4, -0.2) is 39.9 Å². The first-order valence-corrected chi connectivity index (χ1v) is 10.3. The molecule has 7 heteroatoms. The van der Waals surface area contributed by atoms with Crippen molar-refractivity contribution in [1.29, 1.82) is 0 Å². The lowest BCUT2D eigenvalue weighted by Crippen LogP contribution is -2.39. The van der Waals surface area contributed by atoms with Crippen molar-refractivity contribution in [3.63, 3.8) is 0 Å². The second kappa shape index (κ2) is 7.89. The Bertz CT molecular complexity index is 1110. The second-order valence-corrected chi connectivity index (χ2v) is 8.20. The largest absolute Gasteiger partial charge is 0.366 e. The molecule has 1 aromatic carbocycles. The highest BCUT2D eigenvalue weighted by atomic mass is 16.5. The van der Waals surface area contributed by atoms with Gasteiger partial charge >= 0.3 is 0 Å². The molecule has 1 saturated heterocycles. The summed E-state index contributed by atoms with van der Waals surface area (Å²) < 4.78 is 5.28. The van der Waals surface area contributed by atoms with Gasteiger partial charge in [0.1, 0.15) is 11.3 Å². The van der Waals surface area contributed by atoms with Crippen molar-refractivity contribution in [2.45, 2.75) is 45.4 Å². The number of benzene rings is 1. The summed E-state index contributed by atoms with van der Waals surface area (Å²) in [5, 5.41) is 4.96. The summed E-state index contributed by atoms with van der Waals surface area (Å²) in [5.41, 5.74) is 8.97. The van der Waals surface area contributed by atoms with E-state index in [0.29, 0.717) is 35.7 Å². The van der Waals surface area contributed by atoms with Gasteiger partial charge in [-0.25, -0.2) is 0 Å². The predicted octanol–water partition coefficient (Wildman–Crippen LogP) is 3.77. The van der Waals surface area contributed by atoms with Gasteiger partial charge in [0.2, 0.25) is 0 Å². The second-order valence-electron chi connectivity index (χ2n) is 8.20. The quantitative estimate of drug-likeness (QED) is 0.710. The lowest BCUT2D eigenvalue weighted by Gasteiger charge is -2.32. The molecule has 0 bridgehead atoms. The molecule has 0 atom stereocenters. The van der Waals surface area contributed by atoms with Gasteiger partial charge in [-0.1, -0.05) is 37.2 Å². The van der Waals surface area contributed by atoms with E-state index in [0.717, 1.165) is 29.4 Å². The SMILES string of the molecule is Cc1onc(C(C)C)c1C(=O)N1CCC(c2nc3ccccc3cc2C(N)=O)CC1. The first-order valence-electron chi connectivity index (χ1n) is 10.3. The average molecular weight is 406 g/mol. The molecule has 1 fully saturated rings. The molecule has 2 amide bonds. The minimum absolute atomic E-state index is 0.0440. The fraction of sp³-hybridized carbons (Fsp3) is 0.391. The number of nitrogens with zero attached hydrogens (tertiary/aromatic N) is 3. The van der Waals surface area contributed by atoms with Gasteiger partial charge in [0.25, 0.3) is 11.8 Å². The number of carbonyl (C=O) groups is 2. The van der Waals surface area contributed by atoms with Gasteiger partial charge in [-0.05, 0) is 37.8 Å². The summed E-state index contributed by atoms with van der Waals surface area (Å²) in [4.78, 5) is 31.8. The lowest BCUT2D eigenvalue weighted by molar-refractivity contribution is 0.0707. The van der Waals surface area contributed by atoms with Crippen LogP contribution < -0.4 is 5.73 Å². The summed E-state index contributed by atoms with van der Waals surface area (Å²) in [6, 6.07) is 9.53. The van der Waals surface area contributed by atoms with Gasteiger partial charge in [0, 0.05) is 24.4 Å². The van der Waals surface area contributed by atoms with Gasteiger partial charge in [-0.2, -0.15) is 0 Å². The molecule has 2 N–H and O–H groups in total. The Hall–Kier alpha value is -3.22. The zero-order valence-corrected chi connectivity index (χ0v) is 17.5. The van der Waals surface area contributed by atoms with Crippen LogP contribution in [0.1, 0.15) is 76.4 Å². The molecule has 0 aliphatic carbocycles. The van der Waals surface area contributed by atoms with Crippen LogP contribution >= 0.6 is 0 Å². The number of likely N-dealkylation sites (tertiary alicyclic amines) is 1. The molecule has 2 aromatic heterocycles. The van der Waals surface area contributed by atoms with Crippen LogP contribution in [0.5, 0.6) is 0 Å². The van der Waals surface area contributed by atoms with E-state index >= 15 is 0 Å². The molecule has 3 aromatic rings. The Labute approximate surface area is 175 Å². The monoisotopic (exact) mass is 406 g/mol. The van der Waals surface area contributed by atoms with Crippen LogP contribution in [-0.2, 0) is 0 Å². The number of para-hydroxylation sites is 1. The van der Waals surface area contributed by atoms with Crippen LogP contribution in [0.3, 0.4) is 0 Å². The lowest BCUT2D eigenvalue weighted by atomic mass is 9.89. The summed E-state index contributed by atoms with van der Waals surface area (Å²) >= 11 is 0. The van der Waals surface area contributed by atoms with Crippen LogP contribution in [0.25, 0.3) is 10.9 Å². The number of amides is 2. The first kappa shape index (κ1) is 20.1. The third-order valence-electron chi connectivity index (χ3n) is 5.84. The van der Waals surface area contributed by atoms with Crippen molar-refractivity contribution in [2.24, 2.45) is 5.73 Å². The molecule has 4 rings (SSSR count). The maximum Gasteiger partial charge on any atom is 0.259 e. The summed E-state index contributed by atoms with van der Waals surface area (Å²) in [6.07, 6.45) is 1.44. The standard InChI is InChI=1S/C23H26N4O3/c1-13(2)20-19(14(3)30-26-20)23(29)27-10-8-15(9-11-27)21-17(22(24)28)12-16-6-4-5-7-18(16)25-21/h4-7,12-13,15H,8-11H2,1-3H3,(H2,24,28). The molecule has 156 valence electrons. The number of hydrogen-bond donors (Lipinski definition) is 1. The van der Waals surface area contributed by atoms with Crippen molar-refractivity contribution < 1.29 is 14.1 Å². The van der Waals surface area contributed by atoms with E-state index in [1.54, 1.807) is 6.92 Å². The van der Waals surface area contributed by atoms with E-state index in [1.165, 1.54) is 0 Å². The molecule has 0 radical (unpaired) electrons. The molecule has 1 aliphatic heterocycles. The van der Waals surface area contributed by atoms with Crippen LogP contribution in [0.4, 0.5) is 0 Å². The Morgan fingerprint density at radius 2 is 1.90 bits per heavy atom. The Morgan fingerprint density at radius 3 is 2.57 bits per heavy atom. The third kappa shape index (κ3) is 3.56. The first-order chi connectivity index (χ1) is 14.4. The predicted molar refractivity (Wildman–Crippen MR) is 113 cm³/mol. The molecule has 0 saturated carbocycles. The minimum atomic E-state index is -0.469. The smallest absolute Gasteiger partial charge is 0.259 e. The van der Waals surface area contributed by atoms with Crippen molar-refractivity contribution in [3.05, 3.63) is 58.6 Å². The van der Waals surface area contributed by atoms with Crippen LogP contribution in [0, 0.1) is 6.92 Å². The maximum absolute atomic E-state index is 13.1. The van der Waals surface area contributed by atoms with Crippen molar-refractivity contribution >= 4 is 22.7 Å². The minimum Gasteiger partial charge on any atom is -0.366 e. The number of nitrogens with two attached hydrogens (primary N) is 1. The maximum atomic E-state index is 13.1. The molecular weight excluding hydrogens is 380 g/mol. The van der Waals surface area contributed by atoms with Crippen LogP contribution in [0.15, 0.2) is 34.9 Å². The van der Waals surface area contributed by atoms with Gasteiger partial charge in [-0.3, -0.25) is 14.6 Å². The third-order valence-corrected chi connectivity index (χ3v) is 5.84. The highest BCUT2D eigenvalue weighted by molar-refractivity contribution is 5.98. The molecule has 3 heterocycles. The number of hydrogen-bond acceptors (Lipinski definition) is 5. The number of fused-ring (bicyclic) bond motifs is 1. The fourth-order valence-electron chi connectivity index (χ4n) is 4.20. The highest BCUT2D eigenvalue weighted by Crippen LogP contribution is 2.32. The molecular formula is C23H26N4O3. The Kier molecular flexibility index (Phi) is 5.28. The topological polar surface area (TPSA) is 102 Å². The molecule has 0 spiro atoms. The number of pyridine rings is 1. The normalized spacial score (nSPS) is 15.1. The van der Waals surface area contributed by atoms with Gasteiger partial charge in [0.05, 0.1) is 22.5 Å². The molecule has 1 aliphatic rings. The van der Waals surface area contributed by atoms with Crippen molar-refractivity contribution in [1.82, 2.24) is 15.0 Å². The van der Waals surface area contributed by atoms with E-state index in [-0.39, 0.29) is 17.7 Å². The number of rotatable bonds is 4. The fourth-order valence-corrected chi connectivity index (χ4v) is 4.20. The average Bonchev–Trinajstić information content (AvgIpc) is 3.14. The van der Waals surface area contributed by atoms with Crippen molar-refractivity contribution in [2.75, 3.05) is 13.1 Å². The molecule has 30 heavy (non-hydrogen) atoms. The van der Waals surface area contributed by atoms with E-state index < -0.39 is 5.91 Å². The number of aromatic nitrogens is 2. The Balaban J connectivity index is 1.57. The number of aryl methyl sites for hydroxylation is 1.